The molecule has 33 heavy (non-hydrogen) atoms. The highest BCUT2D eigenvalue weighted by Crippen LogP contribution is 2.31. The third-order valence-electron chi connectivity index (χ3n) is 5.83. The largest absolute Gasteiger partial charge is 0.318 e. The van der Waals surface area contributed by atoms with Gasteiger partial charge in [0.05, 0.1) is 16.1 Å². The topological polar surface area (TPSA) is 59.3 Å². The lowest BCUT2D eigenvalue weighted by Crippen LogP contribution is -2.19. The van der Waals surface area contributed by atoms with Crippen LogP contribution in [-0.2, 0) is 11.2 Å². The highest BCUT2D eigenvalue weighted by molar-refractivity contribution is 8.18. The van der Waals surface area contributed by atoms with Gasteiger partial charge in [-0.1, -0.05) is 25.1 Å². The number of aryl methyl sites for hydroxylation is 2. The van der Waals surface area contributed by atoms with Crippen molar-refractivity contribution in [3.63, 3.8) is 0 Å². The van der Waals surface area contributed by atoms with Gasteiger partial charge in [0.2, 0.25) is 0 Å². The molecular formula is C27H24N4OS. The van der Waals surface area contributed by atoms with Gasteiger partial charge in [0, 0.05) is 28.7 Å². The molecule has 0 unspecified atom stereocenters. The van der Waals surface area contributed by atoms with Gasteiger partial charge < -0.3 is 9.88 Å². The van der Waals surface area contributed by atoms with Crippen molar-refractivity contribution in [3.05, 3.63) is 94.3 Å². The van der Waals surface area contributed by atoms with Gasteiger partial charge in [-0.15, -0.1) is 0 Å². The van der Waals surface area contributed by atoms with Crippen LogP contribution in [0.4, 0.5) is 5.69 Å². The lowest BCUT2D eigenvalue weighted by molar-refractivity contribution is -0.115. The predicted octanol–water partition coefficient (Wildman–Crippen LogP) is 6.10. The summed E-state index contributed by atoms with van der Waals surface area (Å²) in [6.45, 7) is 6.28. The fraction of sp³-hybridized carbons (Fsp3) is 0.148. The van der Waals surface area contributed by atoms with Crippen molar-refractivity contribution in [2.45, 2.75) is 27.2 Å². The van der Waals surface area contributed by atoms with Crippen molar-refractivity contribution in [2.24, 2.45) is 4.99 Å². The number of amides is 1. The van der Waals surface area contributed by atoms with E-state index in [0.717, 1.165) is 45.6 Å². The number of hydrogen-bond acceptors (Lipinski definition) is 4. The Labute approximate surface area is 197 Å². The van der Waals surface area contributed by atoms with E-state index in [1.165, 1.54) is 17.3 Å². The number of carbonyl (C=O) groups is 1. The monoisotopic (exact) mass is 452 g/mol. The second-order valence-corrected chi connectivity index (χ2v) is 9.07. The molecule has 0 bridgehead atoms. The predicted molar refractivity (Wildman–Crippen MR) is 137 cm³/mol. The average Bonchev–Trinajstić information content (AvgIpc) is 3.31. The molecule has 1 N–H and O–H groups in total. The van der Waals surface area contributed by atoms with Crippen LogP contribution >= 0.6 is 11.8 Å². The van der Waals surface area contributed by atoms with E-state index in [4.69, 9.17) is 0 Å². The number of aromatic nitrogens is 2. The van der Waals surface area contributed by atoms with E-state index in [0.29, 0.717) is 10.1 Å². The quantitative estimate of drug-likeness (QED) is 0.381. The first-order chi connectivity index (χ1) is 16.0. The first-order valence-electron chi connectivity index (χ1n) is 10.9. The van der Waals surface area contributed by atoms with E-state index in [-0.39, 0.29) is 5.91 Å². The Hall–Kier alpha value is -3.64. The second-order valence-electron chi connectivity index (χ2n) is 8.04. The Morgan fingerprint density at radius 2 is 1.91 bits per heavy atom. The van der Waals surface area contributed by atoms with E-state index < -0.39 is 0 Å². The molecule has 2 aromatic carbocycles. The first-order valence-corrected chi connectivity index (χ1v) is 11.8. The average molecular weight is 453 g/mol. The van der Waals surface area contributed by atoms with Gasteiger partial charge in [-0.2, -0.15) is 0 Å². The van der Waals surface area contributed by atoms with Crippen molar-refractivity contribution in [2.75, 3.05) is 0 Å². The summed E-state index contributed by atoms with van der Waals surface area (Å²) in [6, 6.07) is 20.5. The lowest BCUT2D eigenvalue weighted by atomic mass is 10.2. The molecule has 0 atom stereocenters. The zero-order chi connectivity index (χ0) is 22.9. The van der Waals surface area contributed by atoms with E-state index in [2.05, 4.69) is 77.0 Å². The summed E-state index contributed by atoms with van der Waals surface area (Å²) in [6.07, 6.45) is 4.74. The number of fused-ring (bicyclic) bond motifs is 1. The molecule has 164 valence electrons. The normalized spacial score (nSPS) is 16.2. The summed E-state index contributed by atoms with van der Waals surface area (Å²) in [4.78, 5) is 22.2. The Morgan fingerprint density at radius 1 is 1.09 bits per heavy atom. The van der Waals surface area contributed by atoms with Crippen LogP contribution in [-0.4, -0.2) is 20.6 Å². The van der Waals surface area contributed by atoms with Gasteiger partial charge in [0.1, 0.15) is 0 Å². The number of nitrogens with one attached hydrogen (secondary N) is 1. The minimum atomic E-state index is -0.120. The van der Waals surface area contributed by atoms with Crippen LogP contribution in [0.3, 0.4) is 0 Å². The Balaban J connectivity index is 1.44. The molecule has 5 nitrogen and oxygen atoms in total. The number of thioether (sulfide) groups is 1. The van der Waals surface area contributed by atoms with Crippen molar-refractivity contribution in [1.29, 1.82) is 0 Å². The third-order valence-corrected chi connectivity index (χ3v) is 6.74. The van der Waals surface area contributed by atoms with Crippen LogP contribution in [0.1, 0.15) is 29.4 Å². The van der Waals surface area contributed by atoms with Crippen LogP contribution in [0.15, 0.2) is 76.8 Å². The van der Waals surface area contributed by atoms with E-state index in [9.17, 15) is 4.79 Å². The molecule has 1 aliphatic rings. The molecular weight excluding hydrogens is 428 g/mol. The van der Waals surface area contributed by atoms with Gasteiger partial charge in [0.15, 0.2) is 5.17 Å². The Kier molecular flexibility index (Phi) is 5.60. The molecule has 1 aliphatic heterocycles. The van der Waals surface area contributed by atoms with E-state index >= 15 is 0 Å². The molecule has 1 saturated heterocycles. The van der Waals surface area contributed by atoms with Gasteiger partial charge in [0.25, 0.3) is 5.91 Å². The van der Waals surface area contributed by atoms with E-state index in [1.807, 2.05) is 30.3 Å². The van der Waals surface area contributed by atoms with Crippen LogP contribution < -0.4 is 5.32 Å². The highest BCUT2D eigenvalue weighted by Gasteiger charge is 2.24. The maximum atomic E-state index is 12.6. The molecule has 0 aliphatic carbocycles. The van der Waals surface area contributed by atoms with Crippen LogP contribution in [0, 0.1) is 13.8 Å². The molecule has 0 saturated carbocycles. The number of hydrogen-bond donors (Lipinski definition) is 1. The smallest absolute Gasteiger partial charge is 0.264 e. The molecule has 1 fully saturated rings. The highest BCUT2D eigenvalue weighted by atomic mass is 32.2. The van der Waals surface area contributed by atoms with Gasteiger partial charge in [-0.25, -0.2) is 4.99 Å². The van der Waals surface area contributed by atoms with Crippen LogP contribution in [0.25, 0.3) is 22.7 Å². The zero-order valence-corrected chi connectivity index (χ0v) is 19.6. The van der Waals surface area contributed by atoms with Crippen molar-refractivity contribution in [3.8, 4) is 5.69 Å². The van der Waals surface area contributed by atoms with Gasteiger partial charge >= 0.3 is 0 Å². The first kappa shape index (κ1) is 21.2. The number of pyridine rings is 1. The molecule has 3 heterocycles. The molecule has 5 rings (SSSR count). The summed E-state index contributed by atoms with van der Waals surface area (Å²) in [5.41, 5.74) is 7.36. The van der Waals surface area contributed by atoms with Crippen LogP contribution in [0.2, 0.25) is 0 Å². The maximum Gasteiger partial charge on any atom is 0.264 e. The molecule has 2 aromatic heterocycles. The number of carbonyl (C=O) groups excluding carboxylic acids is 1. The minimum Gasteiger partial charge on any atom is -0.318 e. The summed E-state index contributed by atoms with van der Waals surface area (Å²) < 4.78 is 2.21. The maximum absolute atomic E-state index is 12.6. The van der Waals surface area contributed by atoms with Crippen molar-refractivity contribution >= 4 is 45.5 Å². The molecule has 0 spiro atoms. The number of nitrogens with zero attached hydrogens (tertiary/aromatic N) is 3. The number of aliphatic imine (C=N–C) groups is 1. The molecule has 0 radical (unpaired) electrons. The number of rotatable bonds is 4. The zero-order valence-electron chi connectivity index (χ0n) is 18.8. The number of amidine groups is 1. The SMILES string of the molecule is CCc1ccc(N=C2NC(=O)/C(=C/c3cc(C)n(-c4ccc5ncccc5c4)c3C)S2)cc1. The Morgan fingerprint density at radius 3 is 2.70 bits per heavy atom. The summed E-state index contributed by atoms with van der Waals surface area (Å²) >= 11 is 1.37. The molecule has 6 heteroatoms. The van der Waals surface area contributed by atoms with E-state index in [1.54, 1.807) is 6.20 Å². The fourth-order valence-electron chi connectivity index (χ4n) is 4.08. The molecule has 4 aromatic rings. The van der Waals surface area contributed by atoms with Gasteiger partial charge in [-0.05, 0) is 91.7 Å². The third kappa shape index (κ3) is 4.22. The van der Waals surface area contributed by atoms with Crippen molar-refractivity contribution in [1.82, 2.24) is 14.9 Å². The van der Waals surface area contributed by atoms with Crippen molar-refractivity contribution < 1.29 is 4.79 Å². The van der Waals surface area contributed by atoms with Gasteiger partial charge in [-0.3, -0.25) is 9.78 Å². The summed E-state index contributed by atoms with van der Waals surface area (Å²) in [5, 5.41) is 4.59. The summed E-state index contributed by atoms with van der Waals surface area (Å²) in [7, 11) is 0. The standard InChI is InChI=1S/C27H24N4OS/c1-4-19-7-9-22(10-8-19)29-27-30-26(32)25(33-27)16-21-14-17(2)31(18(21)3)23-11-12-24-20(15-23)6-5-13-28-24/h5-16H,4H2,1-3H3,(H,29,30,32)/b25-16-. The number of benzene rings is 2. The fourth-order valence-corrected chi connectivity index (χ4v) is 4.91. The van der Waals surface area contributed by atoms with Crippen LogP contribution in [0.5, 0.6) is 0 Å². The Bertz CT molecular complexity index is 1430. The summed E-state index contributed by atoms with van der Waals surface area (Å²) in [5.74, 6) is -0.120. The lowest BCUT2D eigenvalue weighted by Gasteiger charge is -2.10. The molecule has 1 amide bonds. The minimum absolute atomic E-state index is 0.120. The second kappa shape index (κ2) is 8.71.